The Morgan fingerprint density at radius 3 is 2.71 bits per heavy atom. The van der Waals surface area contributed by atoms with Crippen LogP contribution in [0.5, 0.6) is 0 Å². The lowest BCUT2D eigenvalue weighted by Gasteiger charge is -1.78. The smallest absolute Gasteiger partial charge is 0.225 e. The Kier molecular flexibility index (Phi) is 1.74. The zero-order valence-electron chi connectivity index (χ0n) is 3.48. The molecule has 0 unspecified atom stereocenters. The van der Waals surface area contributed by atoms with Crippen molar-refractivity contribution >= 4 is 39.5 Å². The summed E-state index contributed by atoms with van der Waals surface area (Å²) in [4.78, 5) is 10.5. The molecule has 0 amide bonds. The first kappa shape index (κ1) is 5.62. The van der Waals surface area contributed by atoms with Crippen LogP contribution in [0.15, 0.2) is 9.66 Å². The third kappa shape index (κ3) is 1.19. The highest BCUT2D eigenvalue weighted by Gasteiger charge is 2.10. The second-order valence-corrected chi connectivity index (χ2v) is 3.31. The lowest BCUT2D eigenvalue weighted by atomic mass is 10.6. The topological polar surface area (TPSA) is 17.1 Å². The summed E-state index contributed by atoms with van der Waals surface area (Å²) in [6.07, 6.45) is 1.94. The summed E-state index contributed by atoms with van der Waals surface area (Å²) in [5.41, 5.74) is 0. The molecule has 3 heteroatoms. The van der Waals surface area contributed by atoms with Crippen LogP contribution in [0.4, 0.5) is 0 Å². The van der Waals surface area contributed by atoms with Crippen molar-refractivity contribution in [1.29, 1.82) is 0 Å². The summed E-state index contributed by atoms with van der Waals surface area (Å²) in [7, 11) is 0. The van der Waals surface area contributed by atoms with E-state index in [2.05, 4.69) is 0 Å². The van der Waals surface area contributed by atoms with Gasteiger partial charge in [-0.3, -0.25) is 4.79 Å². The number of halogens is 1. The molecule has 0 aromatic rings. The van der Waals surface area contributed by atoms with Gasteiger partial charge in [0.05, 0.1) is 3.58 Å². The van der Waals surface area contributed by atoms with Gasteiger partial charge in [0.25, 0.3) is 0 Å². The van der Waals surface area contributed by atoms with E-state index in [1.165, 1.54) is 11.8 Å². The summed E-state index contributed by atoms with van der Waals surface area (Å²) < 4.78 is 0.877. The highest BCUT2D eigenvalue weighted by Crippen LogP contribution is 2.23. The number of carbonyl (C=O) groups is 1. The second kappa shape index (κ2) is 2.17. The maximum absolute atomic E-state index is 10.5. The van der Waals surface area contributed by atoms with Gasteiger partial charge in [0.2, 0.25) is 5.12 Å². The first-order chi connectivity index (χ1) is 3.30. The molecule has 0 spiro atoms. The monoisotopic (exact) mass is 226 g/mol. The standard InChI is InChI=1S/C4H3IOS/c5-3-1-2-7-4(3)6/h1H,2H2. The van der Waals surface area contributed by atoms with E-state index in [1.54, 1.807) is 0 Å². The van der Waals surface area contributed by atoms with Crippen molar-refractivity contribution in [3.05, 3.63) is 9.66 Å². The van der Waals surface area contributed by atoms with Gasteiger partial charge in [0.1, 0.15) is 0 Å². The molecule has 1 rings (SSSR count). The van der Waals surface area contributed by atoms with Crippen molar-refractivity contribution in [3.63, 3.8) is 0 Å². The summed E-state index contributed by atoms with van der Waals surface area (Å²) in [6, 6.07) is 0. The third-order valence-electron chi connectivity index (χ3n) is 0.672. The zero-order chi connectivity index (χ0) is 5.28. The van der Waals surface area contributed by atoms with Gasteiger partial charge in [-0.05, 0) is 22.6 Å². The first-order valence-corrected chi connectivity index (χ1v) is 3.90. The molecular formula is C4H3IOS. The van der Waals surface area contributed by atoms with Gasteiger partial charge < -0.3 is 0 Å². The minimum atomic E-state index is 0.223. The molecule has 0 saturated carbocycles. The van der Waals surface area contributed by atoms with Gasteiger partial charge in [0, 0.05) is 5.75 Å². The molecule has 7 heavy (non-hydrogen) atoms. The molecule has 1 aliphatic rings. The molecule has 0 aliphatic carbocycles. The number of hydrogen-bond acceptors (Lipinski definition) is 2. The molecule has 0 aromatic heterocycles. The summed E-state index contributed by atoms with van der Waals surface area (Å²) >= 11 is 3.42. The van der Waals surface area contributed by atoms with E-state index < -0.39 is 0 Å². The molecule has 0 radical (unpaired) electrons. The molecule has 38 valence electrons. The van der Waals surface area contributed by atoms with E-state index in [-0.39, 0.29) is 5.12 Å². The molecule has 0 N–H and O–H groups in total. The fourth-order valence-electron chi connectivity index (χ4n) is 0.343. The van der Waals surface area contributed by atoms with Crippen LogP contribution in [0.25, 0.3) is 0 Å². The van der Waals surface area contributed by atoms with E-state index in [0.717, 1.165) is 9.33 Å². The first-order valence-electron chi connectivity index (χ1n) is 1.83. The zero-order valence-corrected chi connectivity index (χ0v) is 6.45. The molecule has 0 saturated heterocycles. The Morgan fingerprint density at radius 1 is 1.86 bits per heavy atom. The number of hydrogen-bond donors (Lipinski definition) is 0. The van der Waals surface area contributed by atoms with Gasteiger partial charge >= 0.3 is 0 Å². The van der Waals surface area contributed by atoms with E-state index in [4.69, 9.17) is 0 Å². The van der Waals surface area contributed by atoms with Crippen molar-refractivity contribution in [3.8, 4) is 0 Å². The van der Waals surface area contributed by atoms with Crippen LogP contribution in [0.2, 0.25) is 0 Å². The van der Waals surface area contributed by atoms with Crippen LogP contribution in [0, 0.1) is 0 Å². The van der Waals surface area contributed by atoms with E-state index in [0.29, 0.717) is 0 Å². The van der Waals surface area contributed by atoms with Gasteiger partial charge in [-0.1, -0.05) is 17.8 Å². The summed E-state index contributed by atoms with van der Waals surface area (Å²) in [6.45, 7) is 0. The van der Waals surface area contributed by atoms with Gasteiger partial charge in [-0.25, -0.2) is 0 Å². The Hall–Kier alpha value is 0.490. The lowest BCUT2D eigenvalue weighted by molar-refractivity contribution is -0.107. The van der Waals surface area contributed by atoms with Crippen molar-refractivity contribution in [2.45, 2.75) is 0 Å². The average Bonchev–Trinajstić information content (AvgIpc) is 1.91. The van der Waals surface area contributed by atoms with Crippen LogP contribution in [-0.4, -0.2) is 10.9 Å². The molecule has 1 aliphatic heterocycles. The van der Waals surface area contributed by atoms with Gasteiger partial charge in [0.15, 0.2) is 0 Å². The Labute approximate surface area is 59.7 Å². The van der Waals surface area contributed by atoms with Gasteiger partial charge in [-0.2, -0.15) is 0 Å². The molecule has 0 bridgehead atoms. The quantitative estimate of drug-likeness (QED) is 0.583. The molecule has 0 atom stereocenters. The maximum atomic E-state index is 10.5. The molecule has 1 nitrogen and oxygen atoms in total. The number of rotatable bonds is 0. The van der Waals surface area contributed by atoms with Crippen LogP contribution in [-0.2, 0) is 4.79 Å². The SMILES string of the molecule is O=C1SCC=C1I. The fraction of sp³-hybridized carbons (Fsp3) is 0.250. The Morgan fingerprint density at radius 2 is 2.57 bits per heavy atom. The van der Waals surface area contributed by atoms with Gasteiger partial charge in [-0.15, -0.1) is 0 Å². The predicted molar refractivity (Wildman–Crippen MR) is 39.6 cm³/mol. The second-order valence-electron chi connectivity index (χ2n) is 1.15. The van der Waals surface area contributed by atoms with Crippen LogP contribution >= 0.6 is 34.4 Å². The lowest BCUT2D eigenvalue weighted by Crippen LogP contribution is -1.79. The summed E-state index contributed by atoms with van der Waals surface area (Å²) in [5, 5.41) is 0.223. The van der Waals surface area contributed by atoms with Crippen LogP contribution in [0.1, 0.15) is 0 Å². The van der Waals surface area contributed by atoms with Crippen molar-refractivity contribution < 1.29 is 4.79 Å². The van der Waals surface area contributed by atoms with Crippen molar-refractivity contribution in [1.82, 2.24) is 0 Å². The Balaban J connectivity index is 2.72. The molecule has 1 heterocycles. The number of carbonyl (C=O) groups excluding carboxylic acids is 1. The Bertz CT molecular complexity index is 130. The van der Waals surface area contributed by atoms with E-state index in [1.807, 2.05) is 28.7 Å². The fourth-order valence-corrected chi connectivity index (χ4v) is 1.95. The normalized spacial score (nSPS) is 20.1. The van der Waals surface area contributed by atoms with Crippen LogP contribution < -0.4 is 0 Å². The highest BCUT2D eigenvalue weighted by atomic mass is 127. The van der Waals surface area contributed by atoms with E-state index in [9.17, 15) is 4.79 Å². The average molecular weight is 226 g/mol. The minimum Gasteiger partial charge on any atom is -0.281 e. The summed E-state index contributed by atoms with van der Waals surface area (Å²) in [5.74, 6) is 0.872. The third-order valence-corrected chi connectivity index (χ3v) is 2.78. The number of thioether (sulfide) groups is 1. The largest absolute Gasteiger partial charge is 0.281 e. The predicted octanol–water partition coefficient (Wildman–Crippen LogP) is 1.58. The van der Waals surface area contributed by atoms with Crippen LogP contribution in [0.3, 0.4) is 0 Å². The maximum Gasteiger partial charge on any atom is 0.225 e. The molecule has 0 fully saturated rings. The van der Waals surface area contributed by atoms with Crippen molar-refractivity contribution in [2.75, 3.05) is 5.75 Å². The van der Waals surface area contributed by atoms with Crippen molar-refractivity contribution in [2.24, 2.45) is 0 Å². The molecule has 0 aromatic carbocycles. The highest BCUT2D eigenvalue weighted by molar-refractivity contribution is 14.1. The molecular weight excluding hydrogens is 223 g/mol. The minimum absolute atomic E-state index is 0.223. The van der Waals surface area contributed by atoms with E-state index >= 15 is 0 Å².